The van der Waals surface area contributed by atoms with Crippen molar-refractivity contribution in [3.63, 3.8) is 0 Å². The van der Waals surface area contributed by atoms with Gasteiger partial charge in [0.05, 0.1) is 24.7 Å². The zero-order valence-electron chi connectivity index (χ0n) is 15.0. The van der Waals surface area contributed by atoms with Gasteiger partial charge in [-0.3, -0.25) is 4.31 Å². The molecule has 0 radical (unpaired) electrons. The molecule has 0 atom stereocenters. The minimum absolute atomic E-state index is 0.0376. The number of morpholine rings is 1. The number of benzene rings is 2. The Bertz CT molecular complexity index is 905. The predicted octanol–water partition coefficient (Wildman–Crippen LogP) is 2.72. The molecule has 5 nitrogen and oxygen atoms in total. The van der Waals surface area contributed by atoms with Gasteiger partial charge in [-0.05, 0) is 36.6 Å². The summed E-state index contributed by atoms with van der Waals surface area (Å²) in [5.74, 6) is 0.0376. The van der Waals surface area contributed by atoms with Gasteiger partial charge in [0.1, 0.15) is 0 Å². The third-order valence-corrected chi connectivity index (χ3v) is 6.81. The zero-order valence-corrected chi connectivity index (χ0v) is 15.8. The van der Waals surface area contributed by atoms with E-state index in [0.29, 0.717) is 19.8 Å². The summed E-state index contributed by atoms with van der Waals surface area (Å²) in [7, 11) is -3.40. The van der Waals surface area contributed by atoms with Crippen molar-refractivity contribution >= 4 is 21.4 Å². The summed E-state index contributed by atoms with van der Waals surface area (Å²) in [4.78, 5) is 2.26. The van der Waals surface area contributed by atoms with E-state index in [-0.39, 0.29) is 5.75 Å². The van der Waals surface area contributed by atoms with Crippen molar-refractivity contribution in [2.75, 3.05) is 42.1 Å². The van der Waals surface area contributed by atoms with Gasteiger partial charge < -0.3 is 9.64 Å². The topological polar surface area (TPSA) is 49.9 Å². The summed E-state index contributed by atoms with van der Waals surface area (Å²) in [6.07, 6.45) is 0.770. The molecule has 138 valence electrons. The van der Waals surface area contributed by atoms with Gasteiger partial charge >= 0.3 is 0 Å². The number of nitrogens with zero attached hydrogens (tertiary/aromatic N) is 2. The number of hydrogen-bond acceptors (Lipinski definition) is 4. The second-order valence-corrected chi connectivity index (χ2v) is 8.87. The lowest BCUT2D eigenvalue weighted by Crippen LogP contribution is -2.36. The summed E-state index contributed by atoms with van der Waals surface area (Å²) in [5, 5.41) is 0. The quantitative estimate of drug-likeness (QED) is 0.828. The first-order valence-electron chi connectivity index (χ1n) is 9.04. The largest absolute Gasteiger partial charge is 0.378 e. The van der Waals surface area contributed by atoms with Crippen LogP contribution in [0.5, 0.6) is 0 Å². The van der Waals surface area contributed by atoms with Gasteiger partial charge in [-0.15, -0.1) is 0 Å². The summed E-state index contributed by atoms with van der Waals surface area (Å²) in [6, 6.07) is 13.9. The average Bonchev–Trinajstić information content (AvgIpc) is 3.06. The molecule has 2 aromatic carbocycles. The van der Waals surface area contributed by atoms with Crippen LogP contribution in [0.1, 0.15) is 16.7 Å². The fourth-order valence-electron chi connectivity index (χ4n) is 3.74. The molecule has 1 fully saturated rings. The standard InChI is InChI=1S/C20H24N2O3S/c1-16-3-2-4-17(13-16)15-26(23,24)22-8-7-18-5-6-19(14-20(18)22)21-9-11-25-12-10-21/h2-6,13-14H,7-12,15H2,1H3. The van der Waals surface area contributed by atoms with E-state index >= 15 is 0 Å². The maximum absolute atomic E-state index is 13.1. The SMILES string of the molecule is Cc1cccc(CS(=O)(=O)N2CCc3ccc(N4CCOCC4)cc32)c1. The maximum Gasteiger partial charge on any atom is 0.239 e. The molecule has 0 amide bonds. The van der Waals surface area contributed by atoms with Crippen LogP contribution in [0.3, 0.4) is 0 Å². The lowest BCUT2D eigenvalue weighted by Gasteiger charge is -2.30. The van der Waals surface area contributed by atoms with Crippen LogP contribution in [-0.4, -0.2) is 41.3 Å². The molecule has 2 aliphatic rings. The van der Waals surface area contributed by atoms with E-state index in [2.05, 4.69) is 17.0 Å². The highest BCUT2D eigenvalue weighted by molar-refractivity contribution is 7.92. The van der Waals surface area contributed by atoms with Crippen molar-refractivity contribution in [3.8, 4) is 0 Å². The highest BCUT2D eigenvalue weighted by Gasteiger charge is 2.30. The highest BCUT2D eigenvalue weighted by atomic mass is 32.2. The molecule has 6 heteroatoms. The van der Waals surface area contributed by atoms with Crippen LogP contribution in [0, 0.1) is 6.92 Å². The fraction of sp³-hybridized carbons (Fsp3) is 0.400. The monoisotopic (exact) mass is 372 g/mol. The number of aryl methyl sites for hydroxylation is 1. The lowest BCUT2D eigenvalue weighted by atomic mass is 10.1. The van der Waals surface area contributed by atoms with Gasteiger partial charge in [-0.1, -0.05) is 35.9 Å². The lowest BCUT2D eigenvalue weighted by molar-refractivity contribution is 0.122. The van der Waals surface area contributed by atoms with Gasteiger partial charge in [0.2, 0.25) is 10.0 Å². The molecular weight excluding hydrogens is 348 g/mol. The molecule has 0 N–H and O–H groups in total. The molecule has 4 rings (SSSR count). The fourth-order valence-corrected chi connectivity index (χ4v) is 5.33. The van der Waals surface area contributed by atoms with E-state index in [9.17, 15) is 8.42 Å². The van der Waals surface area contributed by atoms with Gasteiger partial charge in [-0.2, -0.15) is 0 Å². The minimum atomic E-state index is -3.40. The van der Waals surface area contributed by atoms with E-state index in [0.717, 1.165) is 47.6 Å². The third-order valence-electron chi connectivity index (χ3n) is 5.07. The van der Waals surface area contributed by atoms with E-state index in [4.69, 9.17) is 4.74 Å². The van der Waals surface area contributed by atoms with Gasteiger partial charge in [0.25, 0.3) is 0 Å². The van der Waals surface area contributed by atoms with Crippen LogP contribution in [0.25, 0.3) is 0 Å². The molecule has 0 unspecified atom stereocenters. The van der Waals surface area contributed by atoms with Crippen LogP contribution in [0.15, 0.2) is 42.5 Å². The maximum atomic E-state index is 13.1. The molecule has 0 saturated carbocycles. The first-order valence-corrected chi connectivity index (χ1v) is 10.7. The Kier molecular flexibility index (Phi) is 4.63. The van der Waals surface area contributed by atoms with Crippen LogP contribution >= 0.6 is 0 Å². The van der Waals surface area contributed by atoms with E-state index in [1.165, 1.54) is 0 Å². The molecule has 2 heterocycles. The van der Waals surface area contributed by atoms with E-state index in [1.54, 1.807) is 4.31 Å². The molecule has 0 bridgehead atoms. The molecule has 1 saturated heterocycles. The number of ether oxygens (including phenoxy) is 1. The van der Waals surface area contributed by atoms with Gasteiger partial charge in [0, 0.05) is 25.3 Å². The summed E-state index contributed by atoms with van der Waals surface area (Å²) >= 11 is 0. The summed E-state index contributed by atoms with van der Waals surface area (Å²) in [6.45, 7) is 5.62. The Morgan fingerprint density at radius 2 is 1.85 bits per heavy atom. The van der Waals surface area contributed by atoms with Gasteiger partial charge in [-0.25, -0.2) is 8.42 Å². The Balaban J connectivity index is 1.61. The van der Waals surface area contributed by atoms with Crippen molar-refractivity contribution in [2.45, 2.75) is 19.1 Å². The number of hydrogen-bond donors (Lipinski definition) is 0. The number of anilines is 2. The zero-order chi connectivity index (χ0) is 18.1. The van der Waals surface area contributed by atoms with Crippen molar-refractivity contribution in [2.24, 2.45) is 0 Å². The molecule has 0 aliphatic carbocycles. The Morgan fingerprint density at radius 3 is 2.62 bits per heavy atom. The van der Waals surface area contributed by atoms with Crippen molar-refractivity contribution in [1.82, 2.24) is 0 Å². The molecule has 2 aromatic rings. The smallest absolute Gasteiger partial charge is 0.239 e. The van der Waals surface area contributed by atoms with Crippen molar-refractivity contribution < 1.29 is 13.2 Å². The number of fused-ring (bicyclic) bond motifs is 1. The molecule has 2 aliphatic heterocycles. The Hall–Kier alpha value is -2.05. The Labute approximate surface area is 155 Å². The third kappa shape index (κ3) is 3.44. The van der Waals surface area contributed by atoms with Crippen LogP contribution < -0.4 is 9.21 Å². The van der Waals surface area contributed by atoms with Crippen LogP contribution in [0.2, 0.25) is 0 Å². The Morgan fingerprint density at radius 1 is 1.04 bits per heavy atom. The number of sulfonamides is 1. The van der Waals surface area contributed by atoms with Crippen LogP contribution in [-0.2, 0) is 26.9 Å². The molecular formula is C20H24N2O3S. The second-order valence-electron chi connectivity index (χ2n) is 6.98. The summed E-state index contributed by atoms with van der Waals surface area (Å²) < 4.78 is 33.1. The number of rotatable bonds is 4. The normalized spacial score (nSPS) is 17.4. The highest BCUT2D eigenvalue weighted by Crippen LogP contribution is 2.35. The van der Waals surface area contributed by atoms with E-state index < -0.39 is 10.0 Å². The second kappa shape index (κ2) is 6.93. The molecule has 0 aromatic heterocycles. The van der Waals surface area contributed by atoms with Crippen LogP contribution in [0.4, 0.5) is 11.4 Å². The van der Waals surface area contributed by atoms with E-state index in [1.807, 2.05) is 37.3 Å². The van der Waals surface area contributed by atoms with Crippen molar-refractivity contribution in [3.05, 3.63) is 59.2 Å². The first-order chi connectivity index (χ1) is 12.5. The predicted molar refractivity (Wildman–Crippen MR) is 104 cm³/mol. The average molecular weight is 372 g/mol. The molecule has 26 heavy (non-hydrogen) atoms. The minimum Gasteiger partial charge on any atom is -0.378 e. The van der Waals surface area contributed by atoms with Gasteiger partial charge in [0.15, 0.2) is 0 Å². The van der Waals surface area contributed by atoms with Crippen molar-refractivity contribution in [1.29, 1.82) is 0 Å². The first kappa shape index (κ1) is 17.4. The summed E-state index contributed by atoms with van der Waals surface area (Å²) in [5.41, 5.74) is 4.93. The molecule has 0 spiro atoms.